The second kappa shape index (κ2) is 3.68. The fourth-order valence-electron chi connectivity index (χ4n) is 0.113. The van der Waals surface area contributed by atoms with Crippen molar-refractivity contribution in [2.75, 3.05) is 6.07 Å². The molecule has 7 heavy (non-hydrogen) atoms. The second-order valence-electron chi connectivity index (χ2n) is 0.777. The van der Waals surface area contributed by atoms with Gasteiger partial charge < -0.3 is 4.74 Å². The number of hydrogen-bond acceptors (Lipinski definition) is 2. The second-order valence-corrected chi connectivity index (χ2v) is 0.995. The molecule has 0 saturated heterocycles. The third-order valence-corrected chi connectivity index (χ3v) is 0.473. The summed E-state index contributed by atoms with van der Waals surface area (Å²) < 4.78 is 4.20. The lowest BCUT2D eigenvalue weighted by atomic mass is 10.7. The fourth-order valence-corrected chi connectivity index (χ4v) is 0.220. The van der Waals surface area contributed by atoms with Gasteiger partial charge in [-0.1, -0.05) is 18.2 Å². The van der Waals surface area contributed by atoms with Crippen LogP contribution >= 0.6 is 11.6 Å². The number of hydrogen-bond donors (Lipinski definition) is 0. The van der Waals surface area contributed by atoms with E-state index in [-0.39, 0.29) is 6.07 Å². The average Bonchev–Trinajstić information content (AvgIpc) is 1.68. The lowest BCUT2D eigenvalue weighted by Gasteiger charge is -1.88. The van der Waals surface area contributed by atoms with Gasteiger partial charge in [0.2, 0.25) is 0 Å². The molecule has 0 heterocycles. The monoisotopic (exact) mass is 120 g/mol. The van der Waals surface area contributed by atoms with E-state index in [1.54, 1.807) is 0 Å². The van der Waals surface area contributed by atoms with Gasteiger partial charge in [-0.2, -0.15) is 0 Å². The highest BCUT2D eigenvalue weighted by Crippen LogP contribution is 1.80. The summed E-state index contributed by atoms with van der Waals surface area (Å²) in [5.41, 5.74) is 0. The summed E-state index contributed by atoms with van der Waals surface area (Å²) in [7, 11) is 0. The van der Waals surface area contributed by atoms with Crippen LogP contribution in [0.2, 0.25) is 0 Å². The Balaban J connectivity index is 3.17. The number of halogens is 1. The zero-order valence-corrected chi connectivity index (χ0v) is 4.44. The Kier molecular flexibility index (Phi) is 3.42. The molecule has 40 valence electrons. The van der Waals surface area contributed by atoms with Gasteiger partial charge in [0.1, 0.15) is 0 Å². The molecule has 0 radical (unpaired) electrons. The Morgan fingerprint density at radius 1 is 2.00 bits per heavy atom. The van der Waals surface area contributed by atoms with Crippen LogP contribution in [0.3, 0.4) is 0 Å². The van der Waals surface area contributed by atoms with Crippen LogP contribution in [0.4, 0.5) is 0 Å². The van der Waals surface area contributed by atoms with Gasteiger partial charge in [-0.25, -0.2) is 4.79 Å². The molecule has 0 aromatic carbocycles. The first-order valence-electron chi connectivity index (χ1n) is 1.66. The Morgan fingerprint density at radius 3 is 2.71 bits per heavy atom. The van der Waals surface area contributed by atoms with E-state index in [1.807, 2.05) is 0 Å². The van der Waals surface area contributed by atoms with Crippen LogP contribution in [-0.2, 0) is 9.53 Å². The Hall–Kier alpha value is -0.500. The summed E-state index contributed by atoms with van der Waals surface area (Å²) >= 11 is 4.98. The number of carbonyl (C=O) groups is 1. The molecule has 0 N–H and O–H groups in total. The van der Waals surface area contributed by atoms with Crippen molar-refractivity contribution in [2.24, 2.45) is 0 Å². The van der Waals surface area contributed by atoms with Gasteiger partial charge in [0.05, 0.1) is 0 Å². The summed E-state index contributed by atoms with van der Waals surface area (Å²) in [6.07, 6.45) is 1.06. The number of alkyl halides is 1. The minimum Gasteiger partial charge on any atom is -0.446 e. The van der Waals surface area contributed by atoms with Crippen molar-refractivity contribution in [3.05, 3.63) is 12.7 Å². The highest BCUT2D eigenvalue weighted by Gasteiger charge is 1.87. The summed E-state index contributed by atoms with van der Waals surface area (Å²) in [6.45, 7) is 3.15. The van der Waals surface area contributed by atoms with Gasteiger partial charge in [0.15, 0.2) is 6.07 Å². The molecular formula is C4H5ClO2. The van der Waals surface area contributed by atoms with Crippen molar-refractivity contribution in [1.82, 2.24) is 0 Å². The van der Waals surface area contributed by atoms with Crippen molar-refractivity contribution in [3.63, 3.8) is 0 Å². The molecule has 0 rings (SSSR count). The van der Waals surface area contributed by atoms with Crippen LogP contribution in [0.1, 0.15) is 0 Å². The first-order chi connectivity index (χ1) is 3.31. The number of esters is 1. The molecule has 2 nitrogen and oxygen atoms in total. The Labute approximate surface area is 46.7 Å². The summed E-state index contributed by atoms with van der Waals surface area (Å²) in [5.74, 6) is -0.491. The molecule has 0 aromatic rings. The molecule has 0 fully saturated rings. The van der Waals surface area contributed by atoms with E-state index in [1.165, 1.54) is 0 Å². The van der Waals surface area contributed by atoms with Crippen LogP contribution in [-0.4, -0.2) is 12.0 Å². The maximum atomic E-state index is 9.99. The molecule has 0 atom stereocenters. The molecule has 0 bridgehead atoms. The smallest absolute Gasteiger partial charge is 0.331 e. The van der Waals surface area contributed by atoms with E-state index in [0.29, 0.717) is 0 Å². The lowest BCUT2D eigenvalue weighted by Crippen LogP contribution is -1.95. The summed E-state index contributed by atoms with van der Waals surface area (Å²) in [6, 6.07) is -0.106. The van der Waals surface area contributed by atoms with Crippen molar-refractivity contribution in [2.45, 2.75) is 0 Å². The number of ether oxygens (including phenoxy) is 1. The van der Waals surface area contributed by atoms with Gasteiger partial charge in [-0.15, -0.1) is 0 Å². The SMILES string of the molecule is C=CC(=O)OCCl. The largest absolute Gasteiger partial charge is 0.446 e. The highest BCUT2D eigenvalue weighted by molar-refractivity contribution is 6.17. The van der Waals surface area contributed by atoms with E-state index < -0.39 is 5.97 Å². The normalized spacial score (nSPS) is 7.57. The summed E-state index contributed by atoms with van der Waals surface area (Å²) in [5, 5.41) is 0. The predicted octanol–water partition coefficient (Wildman–Crippen LogP) is 0.912. The molecule has 0 aromatic heterocycles. The van der Waals surface area contributed by atoms with Gasteiger partial charge in [0, 0.05) is 6.08 Å². The molecule has 0 aliphatic carbocycles. The van der Waals surface area contributed by atoms with Crippen molar-refractivity contribution < 1.29 is 9.53 Å². The first-order valence-corrected chi connectivity index (χ1v) is 2.20. The fraction of sp³-hybridized carbons (Fsp3) is 0.250. The van der Waals surface area contributed by atoms with E-state index in [2.05, 4.69) is 11.3 Å². The van der Waals surface area contributed by atoms with Gasteiger partial charge in [-0.05, 0) is 0 Å². The first kappa shape index (κ1) is 6.50. The van der Waals surface area contributed by atoms with E-state index >= 15 is 0 Å². The maximum Gasteiger partial charge on any atom is 0.331 e. The lowest BCUT2D eigenvalue weighted by molar-refractivity contribution is -0.135. The zero-order chi connectivity index (χ0) is 5.70. The minimum atomic E-state index is -0.491. The Morgan fingerprint density at radius 2 is 2.57 bits per heavy atom. The Bertz CT molecular complexity index is 79.8. The third-order valence-electron chi connectivity index (χ3n) is 0.363. The molecule has 0 aliphatic heterocycles. The van der Waals surface area contributed by atoms with Gasteiger partial charge in [-0.3, -0.25) is 0 Å². The van der Waals surface area contributed by atoms with Crippen LogP contribution in [0.5, 0.6) is 0 Å². The van der Waals surface area contributed by atoms with Crippen molar-refractivity contribution in [1.29, 1.82) is 0 Å². The predicted molar refractivity (Wildman–Crippen MR) is 27.0 cm³/mol. The molecule has 0 saturated carbocycles. The highest BCUT2D eigenvalue weighted by atomic mass is 35.5. The molecule has 3 heteroatoms. The quantitative estimate of drug-likeness (QED) is 0.308. The van der Waals surface area contributed by atoms with Crippen LogP contribution < -0.4 is 0 Å². The van der Waals surface area contributed by atoms with Crippen molar-refractivity contribution in [3.8, 4) is 0 Å². The number of rotatable bonds is 2. The molecule has 0 amide bonds. The average molecular weight is 121 g/mol. The summed E-state index contributed by atoms with van der Waals surface area (Å²) in [4.78, 5) is 9.99. The van der Waals surface area contributed by atoms with E-state index in [9.17, 15) is 4.79 Å². The van der Waals surface area contributed by atoms with Gasteiger partial charge in [0.25, 0.3) is 0 Å². The van der Waals surface area contributed by atoms with Crippen LogP contribution in [0, 0.1) is 0 Å². The third kappa shape index (κ3) is 3.33. The van der Waals surface area contributed by atoms with E-state index in [4.69, 9.17) is 11.6 Å². The number of carbonyl (C=O) groups excluding carboxylic acids is 1. The van der Waals surface area contributed by atoms with E-state index in [0.717, 1.165) is 6.08 Å². The van der Waals surface area contributed by atoms with Crippen molar-refractivity contribution >= 4 is 17.6 Å². The molecule has 0 unspecified atom stereocenters. The maximum absolute atomic E-state index is 9.99. The molecular weight excluding hydrogens is 115 g/mol. The minimum absolute atomic E-state index is 0.106. The van der Waals surface area contributed by atoms with Crippen LogP contribution in [0.25, 0.3) is 0 Å². The zero-order valence-electron chi connectivity index (χ0n) is 3.69. The topological polar surface area (TPSA) is 26.3 Å². The molecule has 0 aliphatic rings. The standard InChI is InChI=1S/C4H5ClO2/c1-2-4(6)7-3-5/h2H,1,3H2. The molecule has 0 spiro atoms. The van der Waals surface area contributed by atoms with Gasteiger partial charge >= 0.3 is 5.97 Å². The van der Waals surface area contributed by atoms with Crippen LogP contribution in [0.15, 0.2) is 12.7 Å².